The van der Waals surface area contributed by atoms with Crippen molar-refractivity contribution in [2.24, 2.45) is 0 Å². The van der Waals surface area contributed by atoms with Gasteiger partial charge in [0.15, 0.2) is 0 Å². The van der Waals surface area contributed by atoms with Crippen molar-refractivity contribution in [3.63, 3.8) is 0 Å². The maximum absolute atomic E-state index is 11.9. The molecule has 24 heavy (non-hydrogen) atoms. The highest BCUT2D eigenvalue weighted by atomic mass is 16.5. The van der Waals surface area contributed by atoms with Gasteiger partial charge in [-0.25, -0.2) is 4.79 Å². The number of urea groups is 1. The third kappa shape index (κ3) is 3.93. The van der Waals surface area contributed by atoms with Crippen molar-refractivity contribution in [2.75, 3.05) is 19.8 Å². The molecule has 0 aliphatic carbocycles. The Kier molecular flexibility index (Phi) is 5.12. The van der Waals surface area contributed by atoms with Crippen LogP contribution in [0.1, 0.15) is 12.0 Å². The highest BCUT2D eigenvalue weighted by Gasteiger charge is 2.37. The number of carboxylic acids is 1. The molecule has 2 atom stereocenters. The summed E-state index contributed by atoms with van der Waals surface area (Å²) in [6.07, 6.45) is 1.38. The first-order valence-electron chi connectivity index (χ1n) is 7.87. The Labute approximate surface area is 139 Å². The number of aliphatic carboxylic acids is 1. The fourth-order valence-corrected chi connectivity index (χ4v) is 2.78. The molecular weight excluding hydrogens is 312 g/mol. The van der Waals surface area contributed by atoms with Gasteiger partial charge in [-0.15, -0.1) is 0 Å². The number of rotatable bonds is 7. The zero-order chi connectivity index (χ0) is 16.9. The van der Waals surface area contributed by atoms with Gasteiger partial charge in [0.25, 0.3) is 0 Å². The standard InChI is InChI=1S/C17H20N2O5/c20-16(21)6-7-19-8-13-14(18-17(19)22)10-24-15(13)11-23-9-12-4-2-1-3-5-12/h1-5,8,14-15H,6-7,9-11H2,(H,18,22)(H,20,21). The van der Waals surface area contributed by atoms with Gasteiger partial charge >= 0.3 is 12.0 Å². The number of nitrogens with one attached hydrogen (secondary N) is 1. The quantitative estimate of drug-likeness (QED) is 0.787. The highest BCUT2D eigenvalue weighted by molar-refractivity contribution is 5.78. The van der Waals surface area contributed by atoms with E-state index < -0.39 is 5.97 Å². The fourth-order valence-electron chi connectivity index (χ4n) is 2.78. The summed E-state index contributed by atoms with van der Waals surface area (Å²) < 4.78 is 11.4. The van der Waals surface area contributed by atoms with Crippen LogP contribution >= 0.6 is 0 Å². The molecule has 0 saturated carbocycles. The van der Waals surface area contributed by atoms with E-state index in [1.807, 2.05) is 30.3 Å². The number of carbonyl (C=O) groups excluding carboxylic acids is 1. The number of carboxylic acid groups (broad SMARTS) is 1. The van der Waals surface area contributed by atoms with E-state index in [4.69, 9.17) is 14.6 Å². The molecule has 0 spiro atoms. The molecule has 128 valence electrons. The lowest BCUT2D eigenvalue weighted by Gasteiger charge is -2.28. The van der Waals surface area contributed by atoms with E-state index in [0.29, 0.717) is 19.8 Å². The first kappa shape index (κ1) is 16.5. The molecule has 1 saturated heterocycles. The topological polar surface area (TPSA) is 88.1 Å². The van der Waals surface area contributed by atoms with Gasteiger partial charge < -0.3 is 24.8 Å². The molecule has 2 N–H and O–H groups in total. The van der Waals surface area contributed by atoms with Gasteiger partial charge in [-0.2, -0.15) is 0 Å². The van der Waals surface area contributed by atoms with E-state index in [0.717, 1.165) is 11.1 Å². The lowest BCUT2D eigenvalue weighted by Crippen LogP contribution is -2.49. The summed E-state index contributed by atoms with van der Waals surface area (Å²) in [6, 6.07) is 9.40. The third-order valence-corrected chi connectivity index (χ3v) is 4.05. The number of hydrogen-bond acceptors (Lipinski definition) is 4. The Morgan fingerprint density at radius 2 is 2.17 bits per heavy atom. The van der Waals surface area contributed by atoms with Crippen LogP contribution in [0.3, 0.4) is 0 Å². The second kappa shape index (κ2) is 7.46. The number of carbonyl (C=O) groups is 2. The highest BCUT2D eigenvalue weighted by Crippen LogP contribution is 2.25. The molecule has 2 unspecified atom stereocenters. The molecule has 0 radical (unpaired) electrons. The Morgan fingerprint density at radius 1 is 1.38 bits per heavy atom. The zero-order valence-electron chi connectivity index (χ0n) is 13.2. The molecule has 7 nitrogen and oxygen atoms in total. The number of fused-ring (bicyclic) bond motifs is 1. The molecule has 3 rings (SSSR count). The third-order valence-electron chi connectivity index (χ3n) is 4.05. The lowest BCUT2D eigenvalue weighted by atomic mass is 10.0. The van der Waals surface area contributed by atoms with Crippen LogP contribution in [0, 0.1) is 0 Å². The summed E-state index contributed by atoms with van der Waals surface area (Å²) in [4.78, 5) is 24.0. The second-order valence-corrected chi connectivity index (χ2v) is 5.79. The van der Waals surface area contributed by atoms with Crippen molar-refractivity contribution >= 4 is 12.0 Å². The van der Waals surface area contributed by atoms with E-state index >= 15 is 0 Å². The Morgan fingerprint density at radius 3 is 2.92 bits per heavy atom. The monoisotopic (exact) mass is 332 g/mol. The number of benzene rings is 1. The summed E-state index contributed by atoms with van der Waals surface area (Å²) in [7, 11) is 0. The van der Waals surface area contributed by atoms with Gasteiger partial charge in [0.1, 0.15) is 6.10 Å². The van der Waals surface area contributed by atoms with Gasteiger partial charge in [-0.05, 0) is 5.56 Å². The Balaban J connectivity index is 1.58. The molecule has 2 heterocycles. The molecule has 1 aromatic rings. The fraction of sp³-hybridized carbons (Fsp3) is 0.412. The van der Waals surface area contributed by atoms with Crippen LogP contribution < -0.4 is 5.32 Å². The average molecular weight is 332 g/mol. The van der Waals surface area contributed by atoms with Gasteiger partial charge in [0.05, 0.1) is 32.3 Å². The number of nitrogens with zero attached hydrogens (tertiary/aromatic N) is 1. The van der Waals surface area contributed by atoms with E-state index in [9.17, 15) is 9.59 Å². The van der Waals surface area contributed by atoms with E-state index in [-0.39, 0.29) is 31.1 Å². The van der Waals surface area contributed by atoms with Crippen molar-refractivity contribution in [3.05, 3.63) is 47.7 Å². The minimum atomic E-state index is -0.936. The summed E-state index contributed by atoms with van der Waals surface area (Å²) >= 11 is 0. The molecule has 1 aromatic carbocycles. The Bertz CT molecular complexity index is 631. The number of amides is 2. The summed E-state index contributed by atoms with van der Waals surface area (Å²) in [5.41, 5.74) is 2.01. The van der Waals surface area contributed by atoms with Crippen LogP contribution in [0.5, 0.6) is 0 Å². The summed E-state index contributed by atoms with van der Waals surface area (Å²) in [6.45, 7) is 1.42. The molecule has 1 fully saturated rings. The van der Waals surface area contributed by atoms with Crippen LogP contribution in [0.4, 0.5) is 4.79 Å². The van der Waals surface area contributed by atoms with Crippen molar-refractivity contribution in [1.82, 2.24) is 10.2 Å². The van der Waals surface area contributed by atoms with E-state index in [2.05, 4.69) is 5.32 Å². The van der Waals surface area contributed by atoms with Gasteiger partial charge in [-0.1, -0.05) is 30.3 Å². The normalized spacial score (nSPS) is 22.8. The van der Waals surface area contributed by atoms with Gasteiger partial charge in [0.2, 0.25) is 0 Å². The second-order valence-electron chi connectivity index (χ2n) is 5.79. The molecule has 7 heteroatoms. The van der Waals surface area contributed by atoms with Gasteiger partial charge in [0, 0.05) is 18.3 Å². The molecule has 2 aliphatic heterocycles. The maximum Gasteiger partial charge on any atom is 0.321 e. The van der Waals surface area contributed by atoms with Crippen LogP contribution in [-0.2, 0) is 20.9 Å². The van der Waals surface area contributed by atoms with E-state index in [1.54, 1.807) is 6.20 Å². The van der Waals surface area contributed by atoms with Crippen LogP contribution in [0.25, 0.3) is 0 Å². The molecule has 0 aromatic heterocycles. The van der Waals surface area contributed by atoms with Gasteiger partial charge in [-0.3, -0.25) is 4.79 Å². The molecule has 2 amide bonds. The zero-order valence-corrected chi connectivity index (χ0v) is 13.2. The van der Waals surface area contributed by atoms with Crippen molar-refractivity contribution in [1.29, 1.82) is 0 Å². The number of hydrogen-bond donors (Lipinski definition) is 2. The first-order chi connectivity index (χ1) is 11.6. The summed E-state index contributed by atoms with van der Waals surface area (Å²) in [5.74, 6) is -0.936. The minimum Gasteiger partial charge on any atom is -0.481 e. The SMILES string of the molecule is O=C(O)CCN1C=C2C(COC2COCc2ccccc2)NC1=O. The predicted molar refractivity (Wildman–Crippen MR) is 85.2 cm³/mol. The molecule has 2 aliphatic rings. The number of ether oxygens (including phenoxy) is 2. The van der Waals surface area contributed by atoms with Crippen molar-refractivity contribution in [3.8, 4) is 0 Å². The van der Waals surface area contributed by atoms with Crippen LogP contribution in [0.2, 0.25) is 0 Å². The molecule has 0 bridgehead atoms. The smallest absolute Gasteiger partial charge is 0.321 e. The van der Waals surface area contributed by atoms with Crippen LogP contribution in [0.15, 0.2) is 42.1 Å². The minimum absolute atomic E-state index is 0.0993. The predicted octanol–water partition coefficient (Wildman–Crippen LogP) is 1.35. The van der Waals surface area contributed by atoms with E-state index in [1.165, 1.54) is 4.90 Å². The van der Waals surface area contributed by atoms with Crippen molar-refractivity contribution in [2.45, 2.75) is 25.2 Å². The Hall–Kier alpha value is -2.38. The molecular formula is C17H20N2O5. The lowest BCUT2D eigenvalue weighted by molar-refractivity contribution is -0.137. The van der Waals surface area contributed by atoms with Crippen LogP contribution in [-0.4, -0.2) is 53.9 Å². The first-order valence-corrected chi connectivity index (χ1v) is 7.87. The van der Waals surface area contributed by atoms with Crippen molar-refractivity contribution < 1.29 is 24.2 Å². The maximum atomic E-state index is 11.9. The average Bonchev–Trinajstić information content (AvgIpc) is 2.95. The summed E-state index contributed by atoms with van der Waals surface area (Å²) in [5, 5.41) is 11.6. The largest absolute Gasteiger partial charge is 0.481 e.